The van der Waals surface area contributed by atoms with Gasteiger partial charge >= 0.3 is 0 Å². The Morgan fingerprint density at radius 2 is 2.00 bits per heavy atom. The van der Waals surface area contributed by atoms with E-state index in [1.54, 1.807) is 6.20 Å². The molecule has 3 heterocycles. The first-order chi connectivity index (χ1) is 11.2. The van der Waals surface area contributed by atoms with Gasteiger partial charge in [-0.1, -0.05) is 0 Å². The van der Waals surface area contributed by atoms with Crippen LogP contribution in [-0.4, -0.2) is 52.7 Å². The molecule has 0 aliphatic carbocycles. The molecule has 1 saturated heterocycles. The van der Waals surface area contributed by atoms with Crippen LogP contribution in [-0.2, 0) is 0 Å². The Labute approximate surface area is 133 Å². The molecule has 4 N–H and O–H groups in total. The highest BCUT2D eigenvalue weighted by Crippen LogP contribution is 2.16. The molecule has 1 aliphatic rings. The molecule has 0 saturated carbocycles. The highest BCUT2D eigenvalue weighted by Gasteiger charge is 2.20. The van der Waals surface area contributed by atoms with E-state index in [-0.39, 0.29) is 11.5 Å². The van der Waals surface area contributed by atoms with Crippen LogP contribution in [0.2, 0.25) is 0 Å². The van der Waals surface area contributed by atoms with Gasteiger partial charge in [-0.25, -0.2) is 4.98 Å². The Morgan fingerprint density at radius 1 is 1.26 bits per heavy atom. The molecule has 9 heteroatoms. The van der Waals surface area contributed by atoms with Crippen molar-refractivity contribution in [2.45, 2.75) is 6.92 Å². The molecule has 9 nitrogen and oxygen atoms in total. The van der Waals surface area contributed by atoms with Crippen LogP contribution in [0.15, 0.2) is 23.1 Å². The van der Waals surface area contributed by atoms with Crippen molar-refractivity contribution in [1.82, 2.24) is 19.9 Å². The van der Waals surface area contributed by atoms with Crippen LogP contribution in [0.3, 0.4) is 0 Å². The van der Waals surface area contributed by atoms with E-state index in [9.17, 15) is 4.79 Å². The number of hydrogen-bond acceptors (Lipinski definition) is 8. The van der Waals surface area contributed by atoms with Crippen molar-refractivity contribution in [1.29, 1.82) is 0 Å². The molecule has 2 aromatic rings. The molecule has 122 valence electrons. The van der Waals surface area contributed by atoms with Gasteiger partial charge in [0.2, 0.25) is 11.9 Å². The summed E-state index contributed by atoms with van der Waals surface area (Å²) in [6.45, 7) is 5.81. The second-order valence-corrected chi connectivity index (χ2v) is 5.24. The van der Waals surface area contributed by atoms with E-state index >= 15 is 0 Å². The van der Waals surface area contributed by atoms with Gasteiger partial charge in [-0.05, 0) is 13.0 Å². The van der Waals surface area contributed by atoms with Crippen LogP contribution in [0, 0.1) is 0 Å². The standard InChI is InChI=1S/C14H20N8O/c1-2-16-10-3-4-17-14(18-10)22-7-5-21(6-8-22)11-9-12(23)20-13(15)19-11/h3-4,9H,2,5-8H2,1H3,(H,16,17,18)(H3,15,19,20,23). The summed E-state index contributed by atoms with van der Waals surface area (Å²) in [5, 5.41) is 3.18. The smallest absolute Gasteiger partial charge is 0.254 e. The van der Waals surface area contributed by atoms with Crippen molar-refractivity contribution in [2.24, 2.45) is 0 Å². The maximum absolute atomic E-state index is 11.5. The van der Waals surface area contributed by atoms with Crippen molar-refractivity contribution in [3.05, 3.63) is 28.7 Å². The summed E-state index contributed by atoms with van der Waals surface area (Å²) < 4.78 is 0. The Hall–Kier alpha value is -2.84. The van der Waals surface area contributed by atoms with Gasteiger partial charge in [-0.2, -0.15) is 9.97 Å². The maximum atomic E-state index is 11.5. The number of hydrogen-bond donors (Lipinski definition) is 3. The molecule has 0 unspecified atom stereocenters. The molecule has 2 aromatic heterocycles. The molecule has 0 aromatic carbocycles. The summed E-state index contributed by atoms with van der Waals surface area (Å²) in [7, 11) is 0. The first-order valence-electron chi connectivity index (χ1n) is 7.59. The van der Waals surface area contributed by atoms with E-state index in [1.165, 1.54) is 6.07 Å². The average molecular weight is 316 g/mol. The van der Waals surface area contributed by atoms with Crippen molar-refractivity contribution in [2.75, 3.05) is 53.6 Å². The predicted octanol–water partition coefficient (Wildman–Crippen LogP) is -0.0995. The molecule has 0 amide bonds. The monoisotopic (exact) mass is 316 g/mol. The lowest BCUT2D eigenvalue weighted by Gasteiger charge is -2.35. The maximum Gasteiger partial charge on any atom is 0.254 e. The number of nitrogen functional groups attached to an aromatic ring is 1. The number of aromatic nitrogens is 4. The second-order valence-electron chi connectivity index (χ2n) is 5.24. The molecule has 3 rings (SSSR count). The van der Waals surface area contributed by atoms with E-state index in [4.69, 9.17) is 5.73 Å². The van der Waals surface area contributed by atoms with Gasteiger partial charge in [0.05, 0.1) is 0 Å². The summed E-state index contributed by atoms with van der Waals surface area (Å²) in [5.41, 5.74) is 5.36. The molecule has 0 spiro atoms. The molecule has 0 bridgehead atoms. The van der Waals surface area contributed by atoms with Crippen LogP contribution in [0.5, 0.6) is 0 Å². The first-order valence-corrected chi connectivity index (χ1v) is 7.59. The lowest BCUT2D eigenvalue weighted by Crippen LogP contribution is -2.47. The van der Waals surface area contributed by atoms with Gasteiger partial charge < -0.3 is 20.9 Å². The summed E-state index contributed by atoms with van der Waals surface area (Å²) >= 11 is 0. The SMILES string of the molecule is CCNc1ccnc(N2CCN(c3cc(=O)[nH]c(N)n3)CC2)n1. The number of rotatable bonds is 4. The van der Waals surface area contributed by atoms with E-state index < -0.39 is 0 Å². The van der Waals surface area contributed by atoms with Gasteiger partial charge in [-0.3, -0.25) is 9.78 Å². The van der Waals surface area contributed by atoms with Crippen molar-refractivity contribution in [3.8, 4) is 0 Å². The number of aromatic amines is 1. The van der Waals surface area contributed by atoms with Gasteiger partial charge in [0.15, 0.2) is 0 Å². The van der Waals surface area contributed by atoms with Crippen molar-refractivity contribution >= 4 is 23.5 Å². The predicted molar refractivity (Wildman–Crippen MR) is 89.9 cm³/mol. The summed E-state index contributed by atoms with van der Waals surface area (Å²) in [6, 6.07) is 3.32. The summed E-state index contributed by atoms with van der Waals surface area (Å²) in [4.78, 5) is 31.1. The Morgan fingerprint density at radius 3 is 2.70 bits per heavy atom. The number of anilines is 4. The molecule has 0 atom stereocenters. The van der Waals surface area contributed by atoms with Gasteiger partial charge in [0.25, 0.3) is 5.56 Å². The molecular weight excluding hydrogens is 296 g/mol. The Kier molecular flexibility index (Phi) is 4.26. The van der Waals surface area contributed by atoms with Gasteiger partial charge in [0, 0.05) is 45.0 Å². The number of nitrogens with one attached hydrogen (secondary N) is 2. The topological polar surface area (TPSA) is 116 Å². The number of piperazine rings is 1. The fourth-order valence-electron chi connectivity index (χ4n) is 2.54. The normalized spacial score (nSPS) is 14.8. The fraction of sp³-hybridized carbons (Fsp3) is 0.429. The third-order valence-corrected chi connectivity index (χ3v) is 3.63. The van der Waals surface area contributed by atoms with E-state index in [0.29, 0.717) is 11.8 Å². The zero-order chi connectivity index (χ0) is 16.2. The van der Waals surface area contributed by atoms with Gasteiger partial charge in [0.1, 0.15) is 11.6 Å². The highest BCUT2D eigenvalue weighted by atomic mass is 16.1. The Bertz CT molecular complexity index is 723. The zero-order valence-corrected chi connectivity index (χ0v) is 13.0. The number of H-pyrrole nitrogens is 1. The highest BCUT2D eigenvalue weighted by molar-refractivity contribution is 5.46. The molecule has 23 heavy (non-hydrogen) atoms. The van der Waals surface area contributed by atoms with E-state index in [2.05, 4.69) is 30.2 Å². The quantitative estimate of drug-likeness (QED) is 0.716. The minimum atomic E-state index is -0.239. The molecule has 1 fully saturated rings. The van der Waals surface area contributed by atoms with E-state index in [0.717, 1.165) is 38.5 Å². The largest absolute Gasteiger partial charge is 0.370 e. The first kappa shape index (κ1) is 15.1. The summed E-state index contributed by atoms with van der Waals surface area (Å²) in [5.74, 6) is 2.27. The molecule has 1 aliphatic heterocycles. The number of nitrogens with two attached hydrogens (primary N) is 1. The van der Waals surface area contributed by atoms with Crippen molar-refractivity contribution < 1.29 is 0 Å². The van der Waals surface area contributed by atoms with Crippen LogP contribution in [0.1, 0.15) is 6.92 Å². The fourth-order valence-corrected chi connectivity index (χ4v) is 2.54. The van der Waals surface area contributed by atoms with Crippen molar-refractivity contribution in [3.63, 3.8) is 0 Å². The van der Waals surface area contributed by atoms with Crippen LogP contribution >= 0.6 is 0 Å². The van der Waals surface area contributed by atoms with Crippen LogP contribution in [0.4, 0.5) is 23.5 Å². The van der Waals surface area contributed by atoms with Crippen LogP contribution < -0.4 is 26.4 Å². The van der Waals surface area contributed by atoms with E-state index in [1.807, 2.05) is 17.9 Å². The molecular formula is C14H20N8O. The molecule has 0 radical (unpaired) electrons. The minimum Gasteiger partial charge on any atom is -0.370 e. The van der Waals surface area contributed by atoms with Crippen LogP contribution in [0.25, 0.3) is 0 Å². The third kappa shape index (κ3) is 3.50. The van der Waals surface area contributed by atoms with Gasteiger partial charge in [-0.15, -0.1) is 0 Å². The summed E-state index contributed by atoms with van der Waals surface area (Å²) in [6.07, 6.45) is 1.76. The lowest BCUT2D eigenvalue weighted by atomic mass is 10.3. The second kappa shape index (κ2) is 6.51. The lowest BCUT2D eigenvalue weighted by molar-refractivity contribution is 0.634. The number of nitrogens with zero attached hydrogens (tertiary/aromatic N) is 5. The minimum absolute atomic E-state index is 0.136. The average Bonchev–Trinajstić information content (AvgIpc) is 2.55. The third-order valence-electron chi connectivity index (χ3n) is 3.63. The zero-order valence-electron chi connectivity index (χ0n) is 13.0. The Balaban J connectivity index is 1.68.